The van der Waals surface area contributed by atoms with Crippen molar-refractivity contribution in [1.82, 2.24) is 0 Å². The molecular weight excluding hydrogens is 317 g/mol. The first-order valence-electron chi connectivity index (χ1n) is 4.03. The van der Waals surface area contributed by atoms with E-state index in [0.29, 0.717) is 9.35 Å². The second-order valence-corrected chi connectivity index (χ2v) is 5.61. The number of hydrogen-bond donors (Lipinski definition) is 1. The summed E-state index contributed by atoms with van der Waals surface area (Å²) in [7, 11) is 0. The summed E-state index contributed by atoms with van der Waals surface area (Å²) < 4.78 is 62.4. The van der Waals surface area contributed by atoms with E-state index in [1.807, 2.05) is 0 Å². The average molecular weight is 324 g/mol. The van der Waals surface area contributed by atoms with Gasteiger partial charge in [-0.1, -0.05) is 0 Å². The van der Waals surface area contributed by atoms with Crippen molar-refractivity contribution in [2.45, 2.75) is 25.1 Å². The summed E-state index contributed by atoms with van der Waals surface area (Å²) in [5.41, 5.74) is 5.54. The first-order valence-corrected chi connectivity index (χ1v) is 5.64. The van der Waals surface area contributed by atoms with E-state index >= 15 is 0 Å². The highest BCUT2D eigenvalue weighted by molar-refractivity contribution is 9.11. The fourth-order valence-corrected chi connectivity index (χ4v) is 2.60. The zero-order valence-electron chi connectivity index (χ0n) is 7.91. The molecule has 0 aromatic carbocycles. The Morgan fingerprint density at radius 2 is 1.81 bits per heavy atom. The molecule has 0 unspecified atom stereocenters. The van der Waals surface area contributed by atoms with E-state index in [1.54, 1.807) is 6.92 Å². The molecule has 0 bridgehead atoms. The van der Waals surface area contributed by atoms with Crippen LogP contribution in [0.3, 0.4) is 0 Å². The molecule has 8 heteroatoms. The Bertz CT molecular complexity index is 367. The SMILES string of the molecule is Cc1cc([C@@H](N)C(F)(F)C(F)(F)F)sc1Br. The molecule has 0 aliphatic heterocycles. The Hall–Kier alpha value is -0.210. The number of hydrogen-bond acceptors (Lipinski definition) is 2. The van der Waals surface area contributed by atoms with Crippen molar-refractivity contribution >= 4 is 27.3 Å². The number of thiophene rings is 1. The highest BCUT2D eigenvalue weighted by atomic mass is 79.9. The summed E-state index contributed by atoms with van der Waals surface area (Å²) >= 11 is 3.82. The lowest BCUT2D eigenvalue weighted by atomic mass is 10.1. The van der Waals surface area contributed by atoms with E-state index < -0.39 is 18.1 Å². The van der Waals surface area contributed by atoms with E-state index in [1.165, 1.54) is 6.07 Å². The molecule has 0 radical (unpaired) electrons. The van der Waals surface area contributed by atoms with Gasteiger partial charge in [-0.2, -0.15) is 22.0 Å². The molecule has 1 aromatic rings. The third-order valence-electron chi connectivity index (χ3n) is 1.95. The van der Waals surface area contributed by atoms with Crippen molar-refractivity contribution in [2.75, 3.05) is 0 Å². The van der Waals surface area contributed by atoms with Gasteiger partial charge in [-0.05, 0) is 34.5 Å². The molecule has 16 heavy (non-hydrogen) atoms. The molecule has 0 aliphatic rings. The average Bonchev–Trinajstić information content (AvgIpc) is 2.43. The zero-order valence-corrected chi connectivity index (χ0v) is 10.3. The summed E-state index contributed by atoms with van der Waals surface area (Å²) in [4.78, 5) is -0.202. The largest absolute Gasteiger partial charge is 0.455 e. The lowest BCUT2D eigenvalue weighted by Gasteiger charge is -2.24. The van der Waals surface area contributed by atoms with Crippen molar-refractivity contribution in [3.63, 3.8) is 0 Å². The van der Waals surface area contributed by atoms with Crippen molar-refractivity contribution in [2.24, 2.45) is 5.73 Å². The van der Waals surface area contributed by atoms with Crippen molar-refractivity contribution in [1.29, 1.82) is 0 Å². The van der Waals surface area contributed by atoms with Gasteiger partial charge < -0.3 is 5.73 Å². The molecule has 2 N–H and O–H groups in total. The van der Waals surface area contributed by atoms with Gasteiger partial charge in [0.1, 0.15) is 6.04 Å². The molecule has 1 aromatic heterocycles. The fourth-order valence-electron chi connectivity index (χ4n) is 0.992. The summed E-state index contributed by atoms with van der Waals surface area (Å²) in [5.74, 6) is -4.93. The lowest BCUT2D eigenvalue weighted by Crippen LogP contribution is -2.45. The van der Waals surface area contributed by atoms with E-state index in [0.717, 1.165) is 11.3 Å². The van der Waals surface area contributed by atoms with Crippen molar-refractivity contribution in [3.05, 3.63) is 20.3 Å². The third kappa shape index (κ3) is 2.38. The van der Waals surface area contributed by atoms with Gasteiger partial charge in [-0.25, -0.2) is 0 Å². The maximum atomic E-state index is 12.9. The molecule has 1 rings (SSSR count). The van der Waals surface area contributed by atoms with Gasteiger partial charge in [0.15, 0.2) is 0 Å². The van der Waals surface area contributed by atoms with Crippen LogP contribution in [0.2, 0.25) is 0 Å². The molecule has 0 saturated heterocycles. The smallest absolute Gasteiger partial charge is 0.318 e. The highest BCUT2D eigenvalue weighted by Crippen LogP contribution is 2.45. The third-order valence-corrected chi connectivity index (χ3v) is 4.17. The summed E-state index contributed by atoms with van der Waals surface area (Å²) in [6, 6.07) is -1.15. The minimum atomic E-state index is -5.64. The monoisotopic (exact) mass is 323 g/mol. The maximum absolute atomic E-state index is 12.9. The molecule has 0 amide bonds. The second-order valence-electron chi connectivity index (χ2n) is 3.20. The van der Waals surface area contributed by atoms with Crippen LogP contribution in [0.25, 0.3) is 0 Å². The Morgan fingerprint density at radius 1 is 1.31 bits per heavy atom. The van der Waals surface area contributed by atoms with Crippen LogP contribution in [0.1, 0.15) is 16.5 Å². The zero-order chi connectivity index (χ0) is 12.7. The number of rotatable bonds is 2. The van der Waals surface area contributed by atoms with Gasteiger partial charge in [0.2, 0.25) is 0 Å². The van der Waals surface area contributed by atoms with Crippen LogP contribution in [0.15, 0.2) is 9.85 Å². The fraction of sp³-hybridized carbons (Fsp3) is 0.500. The quantitative estimate of drug-likeness (QED) is 0.817. The van der Waals surface area contributed by atoms with Gasteiger partial charge in [-0.3, -0.25) is 0 Å². The normalized spacial score (nSPS) is 15.2. The molecule has 0 saturated carbocycles. The van der Waals surface area contributed by atoms with E-state index in [9.17, 15) is 22.0 Å². The maximum Gasteiger partial charge on any atom is 0.455 e. The van der Waals surface area contributed by atoms with Crippen molar-refractivity contribution < 1.29 is 22.0 Å². The Morgan fingerprint density at radius 3 is 2.12 bits per heavy atom. The van der Waals surface area contributed by atoms with Crippen LogP contribution < -0.4 is 5.73 Å². The summed E-state index contributed by atoms with van der Waals surface area (Å²) in [6.07, 6.45) is -5.64. The van der Waals surface area contributed by atoms with Crippen LogP contribution >= 0.6 is 27.3 Å². The standard InChI is InChI=1S/C8H7BrF5NS/c1-3-2-4(16-6(3)9)5(15)7(10,11)8(12,13)14/h2,5H,15H2,1H3/t5-/m1/s1. The minimum Gasteiger partial charge on any atom is -0.318 e. The Labute approximate surface area is 101 Å². The van der Waals surface area contributed by atoms with E-state index in [4.69, 9.17) is 5.73 Å². The first kappa shape index (κ1) is 13.9. The summed E-state index contributed by atoms with van der Waals surface area (Å²) in [6.45, 7) is 1.59. The minimum absolute atomic E-state index is 0.202. The second kappa shape index (κ2) is 4.23. The number of aryl methyl sites for hydroxylation is 1. The number of halogens is 6. The molecule has 1 heterocycles. The van der Waals surface area contributed by atoms with Crippen LogP contribution in [0.5, 0.6) is 0 Å². The highest BCUT2D eigenvalue weighted by Gasteiger charge is 2.62. The van der Waals surface area contributed by atoms with Gasteiger partial charge in [-0.15, -0.1) is 11.3 Å². The Kier molecular flexibility index (Phi) is 3.66. The van der Waals surface area contributed by atoms with Crippen LogP contribution in [-0.2, 0) is 0 Å². The lowest BCUT2D eigenvalue weighted by molar-refractivity contribution is -0.290. The van der Waals surface area contributed by atoms with Gasteiger partial charge in [0, 0.05) is 4.88 Å². The molecule has 0 fully saturated rings. The predicted molar refractivity (Wildman–Crippen MR) is 54.7 cm³/mol. The van der Waals surface area contributed by atoms with E-state index in [2.05, 4.69) is 15.9 Å². The van der Waals surface area contributed by atoms with Crippen molar-refractivity contribution in [3.8, 4) is 0 Å². The molecule has 92 valence electrons. The number of nitrogens with two attached hydrogens (primary N) is 1. The Balaban J connectivity index is 3.07. The molecular formula is C8H7BrF5NS. The molecule has 0 aliphatic carbocycles. The van der Waals surface area contributed by atoms with E-state index in [-0.39, 0.29) is 4.88 Å². The summed E-state index contributed by atoms with van der Waals surface area (Å²) in [5, 5.41) is 0. The molecule has 0 spiro atoms. The predicted octanol–water partition coefficient (Wildman–Crippen LogP) is 4.02. The van der Waals surface area contributed by atoms with Crippen LogP contribution in [0, 0.1) is 6.92 Å². The van der Waals surface area contributed by atoms with Gasteiger partial charge >= 0.3 is 12.1 Å². The van der Waals surface area contributed by atoms with Gasteiger partial charge in [0.05, 0.1) is 3.79 Å². The topological polar surface area (TPSA) is 26.0 Å². The van der Waals surface area contributed by atoms with Gasteiger partial charge in [0.25, 0.3) is 0 Å². The number of alkyl halides is 5. The van der Waals surface area contributed by atoms with Crippen LogP contribution in [-0.4, -0.2) is 12.1 Å². The molecule has 1 atom stereocenters. The first-order chi connectivity index (χ1) is 7.07. The molecule has 1 nitrogen and oxygen atoms in total. The van der Waals surface area contributed by atoms with Crippen LogP contribution in [0.4, 0.5) is 22.0 Å².